The Bertz CT molecular complexity index is 844. The zero-order valence-corrected chi connectivity index (χ0v) is 16.1. The van der Waals surface area contributed by atoms with E-state index >= 15 is 0 Å². The number of anilines is 1. The Hall–Kier alpha value is -2.38. The minimum Gasteiger partial charge on any atom is -0.481 e. The monoisotopic (exact) mass is 376 g/mol. The van der Waals surface area contributed by atoms with Gasteiger partial charge in [0.1, 0.15) is 5.75 Å². The van der Waals surface area contributed by atoms with E-state index in [2.05, 4.69) is 10.0 Å². The molecule has 0 radical (unpaired) electrons. The summed E-state index contributed by atoms with van der Waals surface area (Å²) in [4.78, 5) is 12.4. The van der Waals surface area contributed by atoms with Crippen molar-refractivity contribution in [2.24, 2.45) is 0 Å². The van der Waals surface area contributed by atoms with Gasteiger partial charge in [0.05, 0.1) is 4.90 Å². The molecule has 6 nitrogen and oxygen atoms in total. The molecule has 0 bridgehead atoms. The van der Waals surface area contributed by atoms with Gasteiger partial charge in [0.25, 0.3) is 5.91 Å². The average Bonchev–Trinajstić information content (AvgIpc) is 2.56. The van der Waals surface area contributed by atoms with Crippen LogP contribution in [0.4, 0.5) is 5.69 Å². The first-order chi connectivity index (χ1) is 12.2. The van der Waals surface area contributed by atoms with Crippen LogP contribution in [-0.4, -0.2) is 26.5 Å². The third kappa shape index (κ3) is 5.57. The molecule has 0 aliphatic carbocycles. The van der Waals surface area contributed by atoms with Crippen LogP contribution in [0.15, 0.2) is 53.4 Å². The number of rotatable bonds is 7. The summed E-state index contributed by atoms with van der Waals surface area (Å²) >= 11 is 0. The molecule has 0 aliphatic rings. The molecule has 26 heavy (non-hydrogen) atoms. The first-order valence-corrected chi connectivity index (χ1v) is 9.82. The normalized spacial score (nSPS) is 12.7. The van der Waals surface area contributed by atoms with Gasteiger partial charge in [-0.25, -0.2) is 13.1 Å². The summed E-state index contributed by atoms with van der Waals surface area (Å²) in [5.41, 5.74) is 1.61. The molecular weight excluding hydrogens is 352 g/mol. The van der Waals surface area contributed by atoms with Crippen molar-refractivity contribution in [3.05, 3.63) is 54.1 Å². The van der Waals surface area contributed by atoms with E-state index in [1.807, 2.05) is 19.1 Å². The van der Waals surface area contributed by atoms with E-state index in [9.17, 15) is 13.2 Å². The number of carbonyl (C=O) groups excluding carboxylic acids is 1. The quantitative estimate of drug-likeness (QED) is 0.778. The summed E-state index contributed by atoms with van der Waals surface area (Å²) in [7, 11) is -3.55. The highest BCUT2D eigenvalue weighted by atomic mass is 32.2. The topological polar surface area (TPSA) is 84.5 Å². The third-order valence-electron chi connectivity index (χ3n) is 3.53. The van der Waals surface area contributed by atoms with Gasteiger partial charge < -0.3 is 10.1 Å². The fourth-order valence-electron chi connectivity index (χ4n) is 2.21. The number of ether oxygens (including phenoxy) is 1. The molecule has 0 saturated heterocycles. The zero-order valence-electron chi connectivity index (χ0n) is 15.3. The van der Waals surface area contributed by atoms with Crippen LogP contribution in [-0.2, 0) is 14.8 Å². The average molecular weight is 376 g/mol. The lowest BCUT2D eigenvalue weighted by atomic mass is 10.2. The Morgan fingerprint density at radius 3 is 2.08 bits per heavy atom. The summed E-state index contributed by atoms with van der Waals surface area (Å²) < 4.78 is 32.3. The number of hydrogen-bond donors (Lipinski definition) is 2. The van der Waals surface area contributed by atoms with E-state index in [0.717, 1.165) is 5.56 Å². The second-order valence-electron chi connectivity index (χ2n) is 6.36. The van der Waals surface area contributed by atoms with Gasteiger partial charge in [0.2, 0.25) is 10.0 Å². The van der Waals surface area contributed by atoms with Crippen LogP contribution in [0.1, 0.15) is 26.3 Å². The molecule has 0 saturated carbocycles. The SMILES string of the molecule is Cc1ccc(O[C@@H](C)C(=O)Nc2ccc(S(=O)(=O)NC(C)C)cc2)cc1. The lowest BCUT2D eigenvalue weighted by molar-refractivity contribution is -0.122. The Labute approximate surface area is 154 Å². The fourth-order valence-corrected chi connectivity index (χ4v) is 3.47. The Morgan fingerprint density at radius 1 is 0.962 bits per heavy atom. The minimum atomic E-state index is -3.55. The van der Waals surface area contributed by atoms with Gasteiger partial charge in [-0.1, -0.05) is 17.7 Å². The molecule has 2 aromatic carbocycles. The molecule has 140 valence electrons. The standard InChI is InChI=1S/C19H24N2O4S/c1-13(2)21-26(23,24)18-11-7-16(8-12-18)20-19(22)15(4)25-17-9-5-14(3)6-10-17/h5-13,15,21H,1-4H3,(H,20,22)/t15-/m0/s1. The van der Waals surface area contributed by atoms with Gasteiger partial charge in [-0.15, -0.1) is 0 Å². The molecule has 7 heteroatoms. The predicted molar refractivity (Wildman–Crippen MR) is 102 cm³/mol. The van der Waals surface area contributed by atoms with E-state index in [4.69, 9.17) is 4.74 Å². The highest BCUT2D eigenvalue weighted by Gasteiger charge is 2.17. The molecule has 1 amide bonds. The molecule has 0 fully saturated rings. The minimum absolute atomic E-state index is 0.146. The van der Waals surface area contributed by atoms with Gasteiger partial charge in [-0.05, 0) is 64.1 Å². The molecule has 2 rings (SSSR count). The fraction of sp³-hybridized carbons (Fsp3) is 0.316. The maximum atomic E-state index is 12.2. The lowest BCUT2D eigenvalue weighted by Gasteiger charge is -2.15. The highest BCUT2D eigenvalue weighted by molar-refractivity contribution is 7.89. The summed E-state index contributed by atoms with van der Waals surface area (Å²) in [6.07, 6.45) is -0.691. The molecule has 0 aromatic heterocycles. The first-order valence-electron chi connectivity index (χ1n) is 8.34. The molecule has 0 heterocycles. The van der Waals surface area contributed by atoms with Crippen molar-refractivity contribution in [1.29, 1.82) is 0 Å². The van der Waals surface area contributed by atoms with Crippen LogP contribution in [0.5, 0.6) is 5.75 Å². The largest absolute Gasteiger partial charge is 0.481 e. The summed E-state index contributed by atoms with van der Waals surface area (Å²) in [6.45, 7) is 7.13. The number of sulfonamides is 1. The Morgan fingerprint density at radius 2 is 1.54 bits per heavy atom. The van der Waals surface area contributed by atoms with Crippen molar-refractivity contribution >= 4 is 21.6 Å². The first kappa shape index (κ1) is 19.9. The maximum Gasteiger partial charge on any atom is 0.265 e. The zero-order chi connectivity index (χ0) is 19.3. The molecular formula is C19H24N2O4S. The number of amides is 1. The molecule has 2 aromatic rings. The van der Waals surface area contributed by atoms with E-state index in [-0.39, 0.29) is 16.8 Å². The Balaban J connectivity index is 1.99. The van der Waals surface area contributed by atoms with Crippen LogP contribution in [0.3, 0.4) is 0 Å². The van der Waals surface area contributed by atoms with Crippen LogP contribution < -0.4 is 14.8 Å². The van der Waals surface area contributed by atoms with Crippen LogP contribution in [0, 0.1) is 6.92 Å². The number of carbonyl (C=O) groups is 1. The molecule has 0 spiro atoms. The maximum absolute atomic E-state index is 12.2. The molecule has 0 unspecified atom stereocenters. The predicted octanol–water partition coefficient (Wildman–Crippen LogP) is 3.09. The van der Waals surface area contributed by atoms with Crippen molar-refractivity contribution in [3.63, 3.8) is 0 Å². The van der Waals surface area contributed by atoms with Crippen molar-refractivity contribution in [2.45, 2.75) is 44.7 Å². The number of benzene rings is 2. The number of nitrogens with one attached hydrogen (secondary N) is 2. The highest BCUT2D eigenvalue weighted by Crippen LogP contribution is 2.16. The smallest absolute Gasteiger partial charge is 0.265 e. The molecule has 2 N–H and O–H groups in total. The second kappa shape index (κ2) is 8.33. The summed E-state index contributed by atoms with van der Waals surface area (Å²) in [5, 5.41) is 2.71. The number of aryl methyl sites for hydroxylation is 1. The van der Waals surface area contributed by atoms with Crippen LogP contribution in [0.25, 0.3) is 0 Å². The van der Waals surface area contributed by atoms with Gasteiger partial charge in [0, 0.05) is 11.7 Å². The van der Waals surface area contributed by atoms with E-state index in [0.29, 0.717) is 11.4 Å². The summed E-state index contributed by atoms with van der Waals surface area (Å²) in [6, 6.07) is 13.2. The third-order valence-corrected chi connectivity index (χ3v) is 5.20. The van der Waals surface area contributed by atoms with E-state index in [1.165, 1.54) is 12.1 Å². The van der Waals surface area contributed by atoms with E-state index in [1.54, 1.807) is 45.0 Å². The van der Waals surface area contributed by atoms with Crippen molar-refractivity contribution in [1.82, 2.24) is 4.72 Å². The Kier molecular flexibility index (Phi) is 6.39. The molecule has 1 atom stereocenters. The second-order valence-corrected chi connectivity index (χ2v) is 8.08. The van der Waals surface area contributed by atoms with Gasteiger partial charge in [-0.3, -0.25) is 4.79 Å². The summed E-state index contributed by atoms with van der Waals surface area (Å²) in [5.74, 6) is 0.293. The molecule has 0 aliphatic heterocycles. The van der Waals surface area contributed by atoms with Crippen LogP contribution >= 0.6 is 0 Å². The van der Waals surface area contributed by atoms with Crippen molar-refractivity contribution in [2.75, 3.05) is 5.32 Å². The van der Waals surface area contributed by atoms with Crippen LogP contribution in [0.2, 0.25) is 0 Å². The number of hydrogen-bond acceptors (Lipinski definition) is 4. The lowest BCUT2D eigenvalue weighted by Crippen LogP contribution is -2.31. The van der Waals surface area contributed by atoms with Crippen molar-refractivity contribution in [3.8, 4) is 5.75 Å². The van der Waals surface area contributed by atoms with E-state index < -0.39 is 16.1 Å². The van der Waals surface area contributed by atoms with Crippen molar-refractivity contribution < 1.29 is 17.9 Å². The van der Waals surface area contributed by atoms with Gasteiger partial charge in [-0.2, -0.15) is 0 Å². The van der Waals surface area contributed by atoms with Gasteiger partial charge in [0.15, 0.2) is 6.10 Å². The van der Waals surface area contributed by atoms with Gasteiger partial charge >= 0.3 is 0 Å².